The van der Waals surface area contributed by atoms with Gasteiger partial charge >= 0.3 is 0 Å². The summed E-state index contributed by atoms with van der Waals surface area (Å²) in [6, 6.07) is 12.9. The molecule has 1 aliphatic heterocycles. The van der Waals surface area contributed by atoms with Gasteiger partial charge in [-0.2, -0.15) is 5.10 Å². The van der Waals surface area contributed by atoms with E-state index in [1.807, 2.05) is 30.3 Å². The molecule has 1 aromatic heterocycles. The molecule has 5 nitrogen and oxygen atoms in total. The van der Waals surface area contributed by atoms with Crippen molar-refractivity contribution in [1.82, 2.24) is 9.58 Å². The summed E-state index contributed by atoms with van der Waals surface area (Å²) in [6.07, 6.45) is 2.33. The summed E-state index contributed by atoms with van der Waals surface area (Å²) in [4.78, 5) is 24.0. The first kappa shape index (κ1) is 14.7. The number of amides is 1. The van der Waals surface area contributed by atoms with Gasteiger partial charge in [0.2, 0.25) is 0 Å². The molecule has 112 valence electrons. The van der Waals surface area contributed by atoms with Crippen LogP contribution in [0, 0.1) is 0 Å². The summed E-state index contributed by atoms with van der Waals surface area (Å²) >= 11 is 3.30. The minimum absolute atomic E-state index is 0.0101. The molecule has 0 aliphatic carbocycles. The van der Waals surface area contributed by atoms with E-state index in [1.54, 1.807) is 12.3 Å². The minimum Gasteiger partial charge on any atom is -0.305 e. The number of hydrazone groups is 1. The molecule has 0 atom stereocenters. The van der Waals surface area contributed by atoms with Crippen LogP contribution in [0.25, 0.3) is 0 Å². The maximum Gasteiger partial charge on any atom is 0.262 e. The fourth-order valence-electron chi connectivity index (χ4n) is 2.32. The standard InChI is InChI=1S/C16H14BrN3O2/c17-13-6-7-15(21)19(10-13)11-16(22)20-9-8-14(18-20)12-4-2-1-3-5-12/h1-7,10H,8-9,11H2. The van der Waals surface area contributed by atoms with Crippen LogP contribution in [0.4, 0.5) is 0 Å². The van der Waals surface area contributed by atoms with Gasteiger partial charge in [-0.1, -0.05) is 30.3 Å². The van der Waals surface area contributed by atoms with Gasteiger partial charge in [-0.05, 0) is 27.6 Å². The van der Waals surface area contributed by atoms with Crippen molar-refractivity contribution in [1.29, 1.82) is 0 Å². The smallest absolute Gasteiger partial charge is 0.262 e. The van der Waals surface area contributed by atoms with Gasteiger partial charge in [0.1, 0.15) is 6.54 Å². The number of nitrogens with zero attached hydrogens (tertiary/aromatic N) is 3. The SMILES string of the molecule is O=C(Cn1cc(Br)ccc1=O)N1CCC(c2ccccc2)=N1. The lowest BCUT2D eigenvalue weighted by Gasteiger charge is -2.12. The first-order chi connectivity index (χ1) is 10.6. The van der Waals surface area contributed by atoms with E-state index in [4.69, 9.17) is 0 Å². The van der Waals surface area contributed by atoms with Crippen molar-refractivity contribution in [2.45, 2.75) is 13.0 Å². The molecule has 0 fully saturated rings. The molecule has 0 unspecified atom stereocenters. The average Bonchev–Trinajstić information content (AvgIpc) is 3.02. The zero-order valence-electron chi connectivity index (χ0n) is 11.8. The fourth-order valence-corrected chi connectivity index (χ4v) is 2.70. The van der Waals surface area contributed by atoms with Gasteiger partial charge in [-0.3, -0.25) is 9.59 Å². The number of hydrogen-bond acceptors (Lipinski definition) is 3. The highest BCUT2D eigenvalue weighted by molar-refractivity contribution is 9.10. The van der Waals surface area contributed by atoms with Crippen LogP contribution in [0.2, 0.25) is 0 Å². The average molecular weight is 360 g/mol. The van der Waals surface area contributed by atoms with E-state index in [0.29, 0.717) is 6.54 Å². The number of hydrogen-bond donors (Lipinski definition) is 0. The Morgan fingerprint density at radius 3 is 2.73 bits per heavy atom. The lowest BCUT2D eigenvalue weighted by molar-refractivity contribution is -0.131. The van der Waals surface area contributed by atoms with Crippen LogP contribution in [0.3, 0.4) is 0 Å². The summed E-state index contributed by atoms with van der Waals surface area (Å²) in [6.45, 7) is 0.537. The first-order valence-corrected chi connectivity index (χ1v) is 7.72. The molecule has 2 heterocycles. The first-order valence-electron chi connectivity index (χ1n) is 6.93. The zero-order valence-corrected chi connectivity index (χ0v) is 13.4. The number of rotatable bonds is 3. The van der Waals surface area contributed by atoms with E-state index in [0.717, 1.165) is 22.2 Å². The van der Waals surface area contributed by atoms with Crippen molar-refractivity contribution in [3.8, 4) is 0 Å². The van der Waals surface area contributed by atoms with Crippen molar-refractivity contribution >= 4 is 27.5 Å². The molecule has 3 rings (SSSR count). The molecule has 2 aromatic rings. The highest BCUT2D eigenvalue weighted by Crippen LogP contribution is 2.14. The highest BCUT2D eigenvalue weighted by Gasteiger charge is 2.21. The molecular weight excluding hydrogens is 346 g/mol. The van der Waals surface area contributed by atoms with Crippen LogP contribution in [0.1, 0.15) is 12.0 Å². The molecule has 1 aromatic carbocycles. The second-order valence-corrected chi connectivity index (χ2v) is 5.91. The Labute approximate surface area is 136 Å². The Bertz CT molecular complexity index is 783. The van der Waals surface area contributed by atoms with Crippen LogP contribution in [0.5, 0.6) is 0 Å². The van der Waals surface area contributed by atoms with Crippen LogP contribution >= 0.6 is 15.9 Å². The van der Waals surface area contributed by atoms with E-state index in [1.165, 1.54) is 15.6 Å². The fraction of sp³-hybridized carbons (Fsp3) is 0.188. The maximum atomic E-state index is 12.3. The van der Waals surface area contributed by atoms with Gasteiger partial charge in [0, 0.05) is 23.2 Å². The molecule has 22 heavy (non-hydrogen) atoms. The molecule has 0 bridgehead atoms. The Morgan fingerprint density at radius 2 is 1.95 bits per heavy atom. The quantitative estimate of drug-likeness (QED) is 0.843. The molecule has 0 spiro atoms. The number of halogens is 1. The predicted octanol–water partition coefficient (Wildman–Crippen LogP) is 2.25. The number of aromatic nitrogens is 1. The van der Waals surface area contributed by atoms with E-state index < -0.39 is 0 Å². The van der Waals surface area contributed by atoms with Crippen molar-refractivity contribution in [3.05, 3.63) is 69.1 Å². The van der Waals surface area contributed by atoms with E-state index in [2.05, 4.69) is 21.0 Å². The van der Waals surface area contributed by atoms with Gasteiger partial charge in [-0.15, -0.1) is 0 Å². The van der Waals surface area contributed by atoms with Gasteiger partial charge in [0.25, 0.3) is 11.5 Å². The third-order valence-corrected chi connectivity index (χ3v) is 3.92. The highest BCUT2D eigenvalue weighted by atomic mass is 79.9. The molecule has 0 N–H and O–H groups in total. The maximum absolute atomic E-state index is 12.3. The Balaban J connectivity index is 1.75. The van der Waals surface area contributed by atoms with E-state index >= 15 is 0 Å². The monoisotopic (exact) mass is 359 g/mol. The predicted molar refractivity (Wildman–Crippen MR) is 87.7 cm³/mol. The summed E-state index contributed by atoms with van der Waals surface area (Å²) in [5, 5.41) is 5.82. The zero-order chi connectivity index (χ0) is 15.5. The lowest BCUT2D eigenvalue weighted by atomic mass is 10.1. The molecule has 0 saturated carbocycles. The minimum atomic E-state index is -0.206. The summed E-state index contributed by atoms with van der Waals surface area (Å²) in [5.41, 5.74) is 1.72. The Morgan fingerprint density at radius 1 is 1.18 bits per heavy atom. The lowest BCUT2D eigenvalue weighted by Crippen LogP contribution is -2.31. The summed E-state index contributed by atoms with van der Waals surface area (Å²) in [7, 11) is 0. The van der Waals surface area contributed by atoms with Gasteiger partial charge < -0.3 is 4.57 Å². The third-order valence-electron chi connectivity index (χ3n) is 3.45. The van der Waals surface area contributed by atoms with Crippen LogP contribution < -0.4 is 5.56 Å². The molecule has 0 radical (unpaired) electrons. The number of carbonyl (C=O) groups excluding carboxylic acids is 1. The summed E-state index contributed by atoms with van der Waals surface area (Å²) in [5.74, 6) is -0.189. The topological polar surface area (TPSA) is 54.7 Å². The van der Waals surface area contributed by atoms with Gasteiger partial charge in [-0.25, -0.2) is 5.01 Å². The normalized spacial score (nSPS) is 14.0. The van der Waals surface area contributed by atoms with Crippen LogP contribution in [-0.2, 0) is 11.3 Å². The Kier molecular flexibility index (Phi) is 4.20. The van der Waals surface area contributed by atoms with Crippen molar-refractivity contribution in [3.63, 3.8) is 0 Å². The molecular formula is C16H14BrN3O2. The van der Waals surface area contributed by atoms with Crippen LogP contribution in [-0.4, -0.2) is 27.7 Å². The number of carbonyl (C=O) groups is 1. The van der Waals surface area contributed by atoms with Gasteiger partial charge in [0.05, 0.1) is 12.3 Å². The summed E-state index contributed by atoms with van der Waals surface area (Å²) < 4.78 is 2.14. The Hall–Kier alpha value is -2.21. The second kappa shape index (κ2) is 6.27. The molecule has 0 saturated heterocycles. The molecule has 1 aliphatic rings. The molecule has 6 heteroatoms. The van der Waals surface area contributed by atoms with E-state index in [-0.39, 0.29) is 18.0 Å². The van der Waals surface area contributed by atoms with Crippen molar-refractivity contribution < 1.29 is 4.79 Å². The number of pyridine rings is 1. The number of benzene rings is 1. The second-order valence-electron chi connectivity index (χ2n) is 4.99. The van der Waals surface area contributed by atoms with E-state index in [9.17, 15) is 9.59 Å². The van der Waals surface area contributed by atoms with Gasteiger partial charge in [0.15, 0.2) is 0 Å². The third kappa shape index (κ3) is 3.17. The van der Waals surface area contributed by atoms with Crippen molar-refractivity contribution in [2.75, 3.05) is 6.54 Å². The molecule has 1 amide bonds. The van der Waals surface area contributed by atoms with Crippen LogP contribution in [0.15, 0.2) is 63.0 Å². The largest absolute Gasteiger partial charge is 0.305 e. The van der Waals surface area contributed by atoms with Crippen molar-refractivity contribution in [2.24, 2.45) is 5.10 Å².